The Hall–Kier alpha value is -3.22. The number of hydrogen-bond acceptors (Lipinski definition) is 7. The van der Waals surface area contributed by atoms with Crippen LogP contribution in [-0.4, -0.2) is 113 Å². The molecule has 0 aromatic rings. The van der Waals surface area contributed by atoms with Gasteiger partial charge in [-0.1, -0.05) is 79.6 Å². The predicted octanol–water partition coefficient (Wildman–Crippen LogP) is 3.73. The van der Waals surface area contributed by atoms with Crippen molar-refractivity contribution in [2.24, 2.45) is 39.2 Å². The first-order valence-electron chi connectivity index (χ1n) is 21.3. The highest BCUT2D eigenvalue weighted by atomic mass is 16.2. The van der Waals surface area contributed by atoms with Crippen LogP contribution in [0, 0.1) is 33.5 Å². The number of nitrogens with one attached hydrogen (secondary N) is 3. The number of rotatable bonds is 11. The van der Waals surface area contributed by atoms with Crippen molar-refractivity contribution in [1.82, 2.24) is 30.7 Å². The number of likely N-dealkylation sites (N-methyl/N-ethyl adjacent to an activating group) is 1. The number of hydrogen-bond donors (Lipinski definition) is 4. The molecule has 4 saturated carbocycles. The third kappa shape index (κ3) is 7.40. The summed E-state index contributed by atoms with van der Waals surface area (Å²) in [5, 5.41) is 8.97. The zero-order valence-corrected chi connectivity index (χ0v) is 34.8. The number of carbonyl (C=O) groups is 6. The lowest BCUT2D eigenvalue weighted by molar-refractivity contribution is -0.143. The Bertz CT molecular complexity index is 1520. The number of ketones is 1. The minimum absolute atomic E-state index is 0.000618. The summed E-state index contributed by atoms with van der Waals surface area (Å²) < 4.78 is 0. The summed E-state index contributed by atoms with van der Waals surface area (Å²) in [5.74, 6) is -2.58. The molecule has 13 heteroatoms. The van der Waals surface area contributed by atoms with Crippen LogP contribution in [0.25, 0.3) is 0 Å². The molecule has 0 aromatic heterocycles. The van der Waals surface area contributed by atoms with Gasteiger partial charge in [-0.3, -0.25) is 28.9 Å². The fraction of sp³-hybridized carbons (Fsp3) is 0.857. The van der Waals surface area contributed by atoms with Gasteiger partial charge in [0.25, 0.3) is 5.91 Å². The molecule has 7 atom stereocenters. The highest BCUT2D eigenvalue weighted by Gasteiger charge is 2.85. The van der Waals surface area contributed by atoms with Gasteiger partial charge in [0.2, 0.25) is 23.5 Å². The lowest BCUT2D eigenvalue weighted by Crippen LogP contribution is -2.64. The smallest absolute Gasteiger partial charge is 0.316 e. The zero-order chi connectivity index (χ0) is 40.2. The van der Waals surface area contributed by atoms with Gasteiger partial charge in [0.1, 0.15) is 18.1 Å². The molecule has 2 saturated heterocycles. The van der Waals surface area contributed by atoms with Crippen molar-refractivity contribution in [3.05, 3.63) is 0 Å². The highest BCUT2D eigenvalue weighted by molar-refractivity contribution is 6.37. The Morgan fingerprint density at radius 3 is 1.91 bits per heavy atom. The standard InChI is InChI=1S/C42H69N7O6/c1-25-22-48(23-26(2)47(25)8)36(53)31(28-16-10-9-11-17-28)45-38(55)46-33(39(3,4)5)37(54)49-24-42(40(6,7)41(42)18-13-19-41)21-30(49)35(52)44-29(32(50)34(43)51)20-27-14-12-15-27/h25-31,33H,9-24H2,1-8H3,(H2,43,51)(H,44,52)(H2,45,46,55)/t25-,26+,29?,30-,31-,33+,42+/m0/s1. The number of nitrogens with zero attached hydrogens (tertiary/aromatic N) is 3. The van der Waals surface area contributed by atoms with Gasteiger partial charge in [0.15, 0.2) is 0 Å². The second kappa shape index (κ2) is 15.3. The molecule has 2 heterocycles. The van der Waals surface area contributed by atoms with E-state index in [9.17, 15) is 24.0 Å². The van der Waals surface area contributed by atoms with E-state index >= 15 is 4.79 Å². The number of likely N-dealkylation sites (tertiary alicyclic amines) is 1. The molecule has 4 aliphatic carbocycles. The van der Waals surface area contributed by atoms with E-state index in [-0.39, 0.29) is 52.0 Å². The second-order valence-corrected chi connectivity index (χ2v) is 20.1. The van der Waals surface area contributed by atoms with Crippen LogP contribution < -0.4 is 21.7 Å². The average Bonchev–Trinajstić information content (AvgIpc) is 3.30. The van der Waals surface area contributed by atoms with Crippen LogP contribution in [0.5, 0.6) is 0 Å². The minimum atomic E-state index is -1.08. The molecule has 1 unspecified atom stereocenters. The van der Waals surface area contributed by atoms with Crippen LogP contribution in [0.3, 0.4) is 0 Å². The molecule has 55 heavy (non-hydrogen) atoms. The maximum atomic E-state index is 15.0. The summed E-state index contributed by atoms with van der Waals surface area (Å²) in [6, 6.07) is -3.86. The molecule has 308 valence electrons. The molecular weight excluding hydrogens is 699 g/mol. The van der Waals surface area contributed by atoms with Gasteiger partial charge in [0, 0.05) is 37.1 Å². The van der Waals surface area contributed by atoms with Crippen LogP contribution in [0.15, 0.2) is 0 Å². The van der Waals surface area contributed by atoms with Gasteiger partial charge < -0.3 is 31.5 Å². The maximum Gasteiger partial charge on any atom is 0.316 e. The van der Waals surface area contributed by atoms with Crippen molar-refractivity contribution in [2.75, 3.05) is 26.7 Å². The van der Waals surface area contributed by atoms with E-state index in [0.717, 1.165) is 70.6 Å². The lowest BCUT2D eigenvalue weighted by Gasteiger charge is -2.44. The Morgan fingerprint density at radius 2 is 1.42 bits per heavy atom. The fourth-order valence-corrected chi connectivity index (χ4v) is 11.6. The summed E-state index contributed by atoms with van der Waals surface area (Å²) in [5.41, 5.74) is 4.33. The molecule has 13 nitrogen and oxygen atoms in total. The first-order valence-corrected chi connectivity index (χ1v) is 21.3. The number of nitrogens with two attached hydrogens (primary N) is 1. The van der Waals surface area contributed by atoms with Crippen LogP contribution in [0.2, 0.25) is 0 Å². The van der Waals surface area contributed by atoms with Crippen molar-refractivity contribution in [3.63, 3.8) is 0 Å². The number of urea groups is 1. The Balaban J connectivity index is 1.24. The molecule has 6 rings (SSSR count). The van der Waals surface area contributed by atoms with Crippen molar-refractivity contribution in [1.29, 1.82) is 0 Å². The molecule has 6 amide bonds. The van der Waals surface area contributed by atoms with Crippen molar-refractivity contribution in [3.8, 4) is 0 Å². The van der Waals surface area contributed by atoms with Gasteiger partial charge in [-0.15, -0.1) is 0 Å². The summed E-state index contributed by atoms with van der Waals surface area (Å²) >= 11 is 0. The second-order valence-electron chi connectivity index (χ2n) is 20.1. The number of amides is 6. The quantitative estimate of drug-likeness (QED) is 0.232. The third-order valence-electron chi connectivity index (χ3n) is 15.8. The molecule has 0 bridgehead atoms. The van der Waals surface area contributed by atoms with E-state index in [2.05, 4.69) is 55.6 Å². The van der Waals surface area contributed by atoms with Gasteiger partial charge in [-0.25, -0.2) is 4.79 Å². The zero-order valence-electron chi connectivity index (χ0n) is 34.8. The molecule has 0 radical (unpaired) electrons. The first-order chi connectivity index (χ1) is 25.7. The summed E-state index contributed by atoms with van der Waals surface area (Å²) in [6.07, 6.45) is 11.7. The SMILES string of the molecule is C[C@@H]1CN(C(=O)[C@@H](NC(=O)N[C@H](C(=O)N2C[C@]3(C[C@H]2C(=O)NC(CC2CCC2)C(=O)C(N)=O)C(C)(C)C32CCC2)C(C)(C)C)C2CCCCC2)C[C@H](C)N1C. The van der Waals surface area contributed by atoms with Crippen molar-refractivity contribution >= 4 is 35.4 Å². The van der Waals surface area contributed by atoms with E-state index in [4.69, 9.17) is 5.73 Å². The van der Waals surface area contributed by atoms with Gasteiger partial charge in [-0.05, 0) is 87.5 Å². The number of carbonyl (C=O) groups excluding carboxylic acids is 6. The summed E-state index contributed by atoms with van der Waals surface area (Å²) in [6.45, 7) is 15.9. The van der Waals surface area contributed by atoms with Crippen LogP contribution in [0.1, 0.15) is 132 Å². The first kappa shape index (κ1) is 41.4. The Kier molecular flexibility index (Phi) is 11.5. The molecule has 5 N–H and O–H groups in total. The van der Waals surface area contributed by atoms with Crippen molar-refractivity contribution in [2.45, 2.75) is 168 Å². The minimum Gasteiger partial charge on any atom is -0.363 e. The van der Waals surface area contributed by atoms with Gasteiger partial charge >= 0.3 is 6.03 Å². The molecular formula is C42H69N7O6. The van der Waals surface area contributed by atoms with Gasteiger partial charge in [-0.2, -0.15) is 0 Å². The number of primary amides is 1. The lowest BCUT2D eigenvalue weighted by atomic mass is 9.73. The Labute approximate surface area is 328 Å². The number of piperazine rings is 1. The monoisotopic (exact) mass is 768 g/mol. The van der Waals surface area contributed by atoms with Crippen LogP contribution in [0.4, 0.5) is 4.79 Å². The van der Waals surface area contributed by atoms with Gasteiger partial charge in [0.05, 0.1) is 6.04 Å². The highest BCUT2D eigenvalue weighted by Crippen LogP contribution is 2.88. The number of fused-ring (bicyclic) bond motifs is 1. The van der Waals surface area contributed by atoms with E-state index < -0.39 is 53.2 Å². The molecule has 6 aliphatic rings. The van der Waals surface area contributed by atoms with Crippen molar-refractivity contribution < 1.29 is 28.8 Å². The average molecular weight is 768 g/mol. The number of Topliss-reactive ketones (excluding diaryl/α,β-unsaturated/α-hetero) is 1. The molecule has 2 aliphatic heterocycles. The van der Waals surface area contributed by atoms with E-state index in [0.29, 0.717) is 32.5 Å². The fourth-order valence-electron chi connectivity index (χ4n) is 11.6. The molecule has 6 fully saturated rings. The Morgan fingerprint density at radius 1 is 0.800 bits per heavy atom. The van der Waals surface area contributed by atoms with E-state index in [1.807, 2.05) is 25.7 Å². The topological polar surface area (TPSA) is 174 Å². The molecule has 0 aromatic carbocycles. The normalized spacial score (nSPS) is 30.8. The largest absolute Gasteiger partial charge is 0.363 e. The van der Waals surface area contributed by atoms with Crippen LogP contribution in [-0.2, 0) is 24.0 Å². The molecule has 2 spiro atoms. The van der Waals surface area contributed by atoms with Crippen LogP contribution >= 0.6 is 0 Å². The van der Waals surface area contributed by atoms with E-state index in [1.54, 1.807) is 4.90 Å². The summed E-state index contributed by atoms with van der Waals surface area (Å²) in [7, 11) is 2.08. The predicted molar refractivity (Wildman–Crippen MR) is 209 cm³/mol. The summed E-state index contributed by atoms with van der Waals surface area (Å²) in [4.78, 5) is 88.7. The van der Waals surface area contributed by atoms with E-state index in [1.165, 1.54) is 0 Å². The maximum absolute atomic E-state index is 15.0. The third-order valence-corrected chi connectivity index (χ3v) is 15.8.